The number of halogens is 1. The Kier molecular flexibility index (Phi) is 5.41. The van der Waals surface area contributed by atoms with E-state index in [1.54, 1.807) is 22.8 Å². The first kappa shape index (κ1) is 22.9. The van der Waals surface area contributed by atoms with Gasteiger partial charge in [-0.25, -0.2) is 18.6 Å². The Hall–Kier alpha value is -3.57. The molecule has 5 heterocycles. The lowest BCUT2D eigenvalue weighted by Crippen LogP contribution is -2.33. The fourth-order valence-corrected chi connectivity index (χ4v) is 5.55. The Morgan fingerprint density at radius 1 is 1.25 bits per heavy atom. The van der Waals surface area contributed by atoms with Crippen LogP contribution in [0.15, 0.2) is 47.1 Å². The van der Waals surface area contributed by atoms with Gasteiger partial charge < -0.3 is 15.0 Å². The minimum atomic E-state index is -2.39. The predicted octanol–water partition coefficient (Wildman–Crippen LogP) is 4.37. The van der Waals surface area contributed by atoms with Crippen molar-refractivity contribution < 1.29 is 13.3 Å². The largest absolute Gasteiger partial charge is 0.493 e. The van der Waals surface area contributed by atoms with Crippen LogP contribution in [-0.4, -0.2) is 61.3 Å². The quantitative estimate of drug-likeness (QED) is 0.438. The van der Waals surface area contributed by atoms with E-state index in [4.69, 9.17) is 4.74 Å². The third-order valence-electron chi connectivity index (χ3n) is 6.36. The maximum absolute atomic E-state index is 14.8. The molecule has 0 radical (unpaired) electrons. The van der Waals surface area contributed by atoms with Crippen LogP contribution < -0.4 is 10.1 Å². The summed E-state index contributed by atoms with van der Waals surface area (Å²) in [5, 5.41) is 3.54. The number of nitrogens with one attached hydrogen (secondary N) is 1. The van der Waals surface area contributed by atoms with Crippen molar-refractivity contribution in [2.45, 2.75) is 18.9 Å². The molecule has 1 N–H and O–H groups in total. The van der Waals surface area contributed by atoms with Gasteiger partial charge in [-0.1, -0.05) is 6.07 Å². The number of hydrogen-bond donors (Lipinski definition) is 1. The Morgan fingerprint density at radius 2 is 2.11 bits per heavy atom. The second-order valence-electron chi connectivity index (χ2n) is 9.61. The predicted molar refractivity (Wildman–Crippen MR) is 138 cm³/mol. The molecule has 11 heteroatoms. The molecule has 6 rings (SSSR count). The summed E-state index contributed by atoms with van der Waals surface area (Å²) in [4.78, 5) is 15.7. The number of aromatic nitrogens is 4. The van der Waals surface area contributed by atoms with Crippen LogP contribution in [0.1, 0.15) is 23.5 Å². The van der Waals surface area contributed by atoms with Crippen molar-refractivity contribution >= 4 is 38.2 Å². The normalized spacial score (nSPS) is 17.5. The SMILES string of the molecule is CN1Cc2cc(Nc3ncc4c(F)cn(-c5cccc(N=S(C)(C)=O)n5)c4n3)cc3c2C(CCO3)C1. The summed E-state index contributed by atoms with van der Waals surface area (Å²) >= 11 is 0. The van der Waals surface area contributed by atoms with Crippen molar-refractivity contribution in [1.82, 2.24) is 24.4 Å². The van der Waals surface area contributed by atoms with Gasteiger partial charge in [-0.2, -0.15) is 9.35 Å². The lowest BCUT2D eigenvalue weighted by molar-refractivity contribution is 0.210. The van der Waals surface area contributed by atoms with Gasteiger partial charge in [0.2, 0.25) is 5.95 Å². The number of hydrogen-bond acceptors (Lipinski definition) is 8. The van der Waals surface area contributed by atoms with Gasteiger partial charge >= 0.3 is 0 Å². The van der Waals surface area contributed by atoms with E-state index in [-0.39, 0.29) is 5.39 Å². The molecule has 36 heavy (non-hydrogen) atoms. The van der Waals surface area contributed by atoms with Gasteiger partial charge in [0.15, 0.2) is 17.3 Å². The van der Waals surface area contributed by atoms with Crippen LogP contribution in [0, 0.1) is 5.82 Å². The summed E-state index contributed by atoms with van der Waals surface area (Å²) in [6, 6.07) is 9.22. The second-order valence-corrected chi connectivity index (χ2v) is 12.2. The molecule has 0 fully saturated rings. The third-order valence-corrected chi connectivity index (χ3v) is 6.99. The van der Waals surface area contributed by atoms with Crippen LogP contribution in [0.5, 0.6) is 5.75 Å². The topological polar surface area (TPSA) is 97.5 Å². The van der Waals surface area contributed by atoms with Gasteiger partial charge in [0, 0.05) is 71.0 Å². The number of anilines is 2. The molecule has 1 unspecified atom stereocenters. The monoisotopic (exact) mass is 507 g/mol. The first-order chi connectivity index (χ1) is 17.2. The van der Waals surface area contributed by atoms with E-state index in [1.165, 1.54) is 36.0 Å². The molecular weight excluding hydrogens is 481 g/mol. The lowest BCUT2D eigenvalue weighted by atomic mass is 9.85. The minimum Gasteiger partial charge on any atom is -0.493 e. The van der Waals surface area contributed by atoms with E-state index >= 15 is 0 Å². The fourth-order valence-electron chi connectivity index (χ4n) is 5.00. The molecule has 0 spiro atoms. The van der Waals surface area contributed by atoms with Gasteiger partial charge in [-0.05, 0) is 37.2 Å². The molecule has 3 aromatic heterocycles. The number of rotatable bonds is 4. The van der Waals surface area contributed by atoms with Crippen molar-refractivity contribution in [2.75, 3.05) is 38.0 Å². The molecule has 186 valence electrons. The molecule has 0 bridgehead atoms. The maximum Gasteiger partial charge on any atom is 0.229 e. The highest BCUT2D eigenvalue weighted by Crippen LogP contribution is 2.42. The first-order valence-corrected chi connectivity index (χ1v) is 14.0. The fraction of sp³-hybridized carbons (Fsp3) is 0.320. The van der Waals surface area contributed by atoms with E-state index in [0.717, 1.165) is 30.9 Å². The molecule has 1 atom stereocenters. The van der Waals surface area contributed by atoms with Crippen molar-refractivity contribution in [3.8, 4) is 11.6 Å². The van der Waals surface area contributed by atoms with Crippen molar-refractivity contribution in [2.24, 2.45) is 4.36 Å². The van der Waals surface area contributed by atoms with Crippen LogP contribution in [-0.2, 0) is 16.3 Å². The number of likely N-dealkylation sites (N-methyl/N-ethyl adjacent to an activating group) is 1. The highest BCUT2D eigenvalue weighted by Gasteiger charge is 2.30. The van der Waals surface area contributed by atoms with Crippen molar-refractivity contribution in [3.63, 3.8) is 0 Å². The molecule has 0 saturated carbocycles. The third kappa shape index (κ3) is 4.28. The van der Waals surface area contributed by atoms with Crippen LogP contribution >= 0.6 is 0 Å². The van der Waals surface area contributed by atoms with Gasteiger partial charge in [0.1, 0.15) is 11.6 Å². The Bertz CT molecular complexity index is 1620. The van der Waals surface area contributed by atoms with E-state index < -0.39 is 15.5 Å². The first-order valence-electron chi connectivity index (χ1n) is 11.7. The smallest absolute Gasteiger partial charge is 0.229 e. The molecule has 4 aromatic rings. The Balaban J connectivity index is 1.39. The highest BCUT2D eigenvalue weighted by atomic mass is 32.2. The van der Waals surface area contributed by atoms with Gasteiger partial charge in [-0.3, -0.25) is 4.57 Å². The number of fused-ring (bicyclic) bond motifs is 1. The second kappa shape index (κ2) is 8.52. The average molecular weight is 508 g/mol. The molecule has 1 aromatic carbocycles. The van der Waals surface area contributed by atoms with Crippen LogP contribution in [0.4, 0.5) is 21.8 Å². The van der Waals surface area contributed by atoms with E-state index in [1.807, 2.05) is 6.07 Å². The minimum absolute atomic E-state index is 0.271. The summed E-state index contributed by atoms with van der Waals surface area (Å²) < 4.78 is 38.5. The summed E-state index contributed by atoms with van der Waals surface area (Å²) in [6.07, 6.45) is 6.87. The van der Waals surface area contributed by atoms with Crippen LogP contribution in [0.2, 0.25) is 0 Å². The summed E-state index contributed by atoms with van der Waals surface area (Å²) in [7, 11) is -0.257. The highest BCUT2D eigenvalue weighted by molar-refractivity contribution is 7.92. The number of ether oxygens (including phenoxy) is 1. The van der Waals surface area contributed by atoms with Gasteiger partial charge in [0.25, 0.3) is 0 Å². The zero-order valence-corrected chi connectivity index (χ0v) is 21.0. The number of benzene rings is 1. The van der Waals surface area contributed by atoms with Gasteiger partial charge in [-0.15, -0.1) is 0 Å². The van der Waals surface area contributed by atoms with E-state index in [2.05, 4.69) is 42.6 Å². The molecule has 2 aliphatic heterocycles. The maximum atomic E-state index is 14.8. The molecule has 2 aliphatic rings. The van der Waals surface area contributed by atoms with Crippen LogP contribution in [0.25, 0.3) is 16.9 Å². The van der Waals surface area contributed by atoms with Crippen molar-refractivity contribution in [1.29, 1.82) is 0 Å². The summed E-state index contributed by atoms with van der Waals surface area (Å²) in [5.41, 5.74) is 3.71. The Morgan fingerprint density at radius 3 is 2.94 bits per heavy atom. The van der Waals surface area contributed by atoms with E-state index in [0.29, 0.717) is 35.8 Å². The molecule has 0 saturated heterocycles. The number of nitrogens with zero attached hydrogens (tertiary/aromatic N) is 6. The van der Waals surface area contributed by atoms with E-state index in [9.17, 15) is 8.60 Å². The standard InChI is InChI=1S/C25H26FN7O2S/c1-32-12-15-7-8-35-20-10-17(9-16(13-32)23(15)20)28-25-27-11-18-19(26)14-33(24(18)30-25)22-6-4-5-21(29-22)31-36(2,3)34/h4-6,9-11,14-15H,7-8,12-13H2,1-3H3,(H,27,28,30). The average Bonchev–Trinajstić information content (AvgIpc) is 3.14. The molecule has 0 amide bonds. The van der Waals surface area contributed by atoms with Crippen LogP contribution in [0.3, 0.4) is 0 Å². The zero-order valence-electron chi connectivity index (χ0n) is 20.2. The van der Waals surface area contributed by atoms with Gasteiger partial charge in [0.05, 0.1) is 12.0 Å². The zero-order chi connectivity index (χ0) is 25.0. The molecule has 9 nitrogen and oxygen atoms in total. The summed E-state index contributed by atoms with van der Waals surface area (Å²) in [6.45, 7) is 2.59. The van der Waals surface area contributed by atoms with Crippen molar-refractivity contribution in [3.05, 3.63) is 59.7 Å². The summed E-state index contributed by atoms with van der Waals surface area (Å²) in [5.74, 6) is 1.98. The Labute approximate surface area is 208 Å². The molecular formula is C25H26FN7O2S. The lowest BCUT2D eigenvalue weighted by Gasteiger charge is -2.36. The molecule has 0 aliphatic carbocycles. The number of pyridine rings is 1.